The number of amides is 1. The summed E-state index contributed by atoms with van der Waals surface area (Å²) in [7, 11) is 0. The maximum absolute atomic E-state index is 12.6. The van der Waals surface area contributed by atoms with Crippen LogP contribution in [0, 0.1) is 0 Å². The van der Waals surface area contributed by atoms with E-state index in [1.807, 2.05) is 91.9 Å². The van der Waals surface area contributed by atoms with Gasteiger partial charge < -0.3 is 14.8 Å². The monoisotopic (exact) mass is 514 g/mol. The van der Waals surface area contributed by atoms with Gasteiger partial charge in [0.05, 0.1) is 17.2 Å². The topological polar surface area (TPSA) is 59.9 Å². The summed E-state index contributed by atoms with van der Waals surface area (Å²) in [5.74, 6) is 1.07. The van der Waals surface area contributed by atoms with E-state index in [0.29, 0.717) is 39.8 Å². The van der Waals surface area contributed by atoms with Crippen molar-refractivity contribution in [3.05, 3.63) is 106 Å². The Morgan fingerprint density at radius 2 is 1.72 bits per heavy atom. The summed E-state index contributed by atoms with van der Waals surface area (Å²) in [5.41, 5.74) is 2.63. The molecule has 0 saturated carbocycles. The third-order valence-corrected chi connectivity index (χ3v) is 6.65. The molecule has 1 aliphatic rings. The van der Waals surface area contributed by atoms with Gasteiger partial charge in [-0.05, 0) is 83.1 Å². The van der Waals surface area contributed by atoms with E-state index in [1.165, 1.54) is 11.8 Å². The van der Waals surface area contributed by atoms with E-state index < -0.39 is 0 Å². The van der Waals surface area contributed by atoms with E-state index in [4.69, 9.17) is 21.1 Å². The fourth-order valence-electron chi connectivity index (χ4n) is 3.74. The summed E-state index contributed by atoms with van der Waals surface area (Å²) in [6, 6.07) is 27.2. The zero-order valence-electron chi connectivity index (χ0n) is 19.5. The minimum atomic E-state index is -0.180. The van der Waals surface area contributed by atoms with Gasteiger partial charge in [0.25, 0.3) is 5.91 Å². The zero-order valence-corrected chi connectivity index (χ0v) is 21.1. The van der Waals surface area contributed by atoms with E-state index in [0.717, 1.165) is 27.6 Å². The molecule has 0 bridgehead atoms. The molecular formula is C29H23ClN2O3S. The summed E-state index contributed by atoms with van der Waals surface area (Å²) in [4.78, 5) is 17.8. The van der Waals surface area contributed by atoms with Crippen molar-refractivity contribution in [2.75, 3.05) is 6.61 Å². The maximum Gasteiger partial charge on any atom is 0.264 e. The molecule has 5 nitrogen and oxygen atoms in total. The average molecular weight is 515 g/mol. The standard InChI is InChI=1S/C29H23ClN2O3S/c1-2-34-26-15-20(9-14-25(26)35-18-19-7-11-23(30)12-8-19)16-27-28(33)32-29(36-27)31-24-13-10-21-5-3-4-6-22(21)17-24/h3-17H,2,18H2,1H3,(H,31,32,33). The molecule has 1 fully saturated rings. The first-order chi connectivity index (χ1) is 17.6. The van der Waals surface area contributed by atoms with Gasteiger partial charge in [-0.2, -0.15) is 0 Å². The van der Waals surface area contributed by atoms with Gasteiger partial charge in [-0.25, -0.2) is 4.99 Å². The van der Waals surface area contributed by atoms with Crippen molar-refractivity contribution in [3.8, 4) is 11.5 Å². The molecule has 0 unspecified atom stereocenters. The van der Waals surface area contributed by atoms with E-state index in [-0.39, 0.29) is 5.91 Å². The van der Waals surface area contributed by atoms with Gasteiger partial charge in [0.2, 0.25) is 0 Å². The molecule has 1 saturated heterocycles. The third kappa shape index (κ3) is 5.73. The fourth-order valence-corrected chi connectivity index (χ4v) is 4.71. The van der Waals surface area contributed by atoms with Crippen LogP contribution in [0.15, 0.2) is 94.8 Å². The molecule has 1 aliphatic heterocycles. The Bertz CT molecular complexity index is 1480. The normalized spacial score (nSPS) is 15.4. The van der Waals surface area contributed by atoms with Gasteiger partial charge in [-0.3, -0.25) is 4.79 Å². The van der Waals surface area contributed by atoms with Crippen molar-refractivity contribution in [1.82, 2.24) is 5.32 Å². The molecule has 1 heterocycles. The lowest BCUT2D eigenvalue weighted by molar-refractivity contribution is -0.115. The highest BCUT2D eigenvalue weighted by Crippen LogP contribution is 2.33. The molecule has 5 rings (SSSR count). The zero-order chi connectivity index (χ0) is 24.9. The lowest BCUT2D eigenvalue weighted by Crippen LogP contribution is -2.19. The van der Waals surface area contributed by atoms with Gasteiger partial charge in [-0.1, -0.05) is 60.1 Å². The highest BCUT2D eigenvalue weighted by atomic mass is 35.5. The number of ether oxygens (including phenoxy) is 2. The lowest BCUT2D eigenvalue weighted by atomic mass is 10.1. The minimum absolute atomic E-state index is 0.180. The number of hydrogen-bond acceptors (Lipinski definition) is 5. The van der Waals surface area contributed by atoms with Crippen molar-refractivity contribution in [3.63, 3.8) is 0 Å². The van der Waals surface area contributed by atoms with Crippen LogP contribution in [0.1, 0.15) is 18.1 Å². The first-order valence-corrected chi connectivity index (χ1v) is 12.7. The predicted molar refractivity (Wildman–Crippen MR) is 148 cm³/mol. The molecule has 4 aromatic carbocycles. The number of halogens is 1. The quantitative estimate of drug-likeness (QED) is 0.262. The van der Waals surface area contributed by atoms with Crippen molar-refractivity contribution >= 4 is 57.0 Å². The number of nitrogens with zero attached hydrogens (tertiary/aromatic N) is 1. The minimum Gasteiger partial charge on any atom is -0.490 e. The van der Waals surface area contributed by atoms with Crippen molar-refractivity contribution < 1.29 is 14.3 Å². The van der Waals surface area contributed by atoms with Crippen LogP contribution in [0.4, 0.5) is 5.69 Å². The highest BCUT2D eigenvalue weighted by molar-refractivity contribution is 8.18. The number of benzene rings is 4. The van der Waals surface area contributed by atoms with Gasteiger partial charge in [0, 0.05) is 5.02 Å². The molecule has 0 atom stereocenters. The average Bonchev–Trinajstić information content (AvgIpc) is 3.22. The van der Waals surface area contributed by atoms with Crippen LogP contribution in [0.3, 0.4) is 0 Å². The van der Waals surface area contributed by atoms with E-state index in [1.54, 1.807) is 0 Å². The maximum atomic E-state index is 12.6. The second-order valence-corrected chi connectivity index (χ2v) is 9.53. The number of amidine groups is 1. The van der Waals surface area contributed by atoms with Crippen LogP contribution in [0.2, 0.25) is 5.02 Å². The number of rotatable bonds is 7. The second-order valence-electron chi connectivity index (χ2n) is 8.07. The van der Waals surface area contributed by atoms with Gasteiger partial charge >= 0.3 is 0 Å². The molecule has 0 spiro atoms. The van der Waals surface area contributed by atoms with Crippen LogP contribution in [0.5, 0.6) is 11.5 Å². The first kappa shape index (κ1) is 24.0. The SMILES string of the molecule is CCOc1cc(C=C2SC(=Nc3ccc4ccccc4c3)NC2=O)ccc1OCc1ccc(Cl)cc1. The number of carbonyl (C=O) groups excluding carboxylic acids is 1. The smallest absolute Gasteiger partial charge is 0.264 e. The fraction of sp³-hybridized carbons (Fsp3) is 0.103. The molecule has 1 N–H and O–H groups in total. The Labute approximate surface area is 218 Å². The summed E-state index contributed by atoms with van der Waals surface area (Å²) in [6.45, 7) is 2.81. The summed E-state index contributed by atoms with van der Waals surface area (Å²) >= 11 is 7.27. The highest BCUT2D eigenvalue weighted by Gasteiger charge is 2.24. The first-order valence-electron chi connectivity index (χ1n) is 11.5. The number of carbonyl (C=O) groups is 1. The molecule has 7 heteroatoms. The van der Waals surface area contributed by atoms with Crippen LogP contribution < -0.4 is 14.8 Å². The summed E-state index contributed by atoms with van der Waals surface area (Å²) in [6.07, 6.45) is 1.83. The molecule has 180 valence electrons. The summed E-state index contributed by atoms with van der Waals surface area (Å²) < 4.78 is 11.8. The number of nitrogens with one attached hydrogen (secondary N) is 1. The van der Waals surface area contributed by atoms with Crippen molar-refractivity contribution in [2.45, 2.75) is 13.5 Å². The Morgan fingerprint density at radius 1 is 0.917 bits per heavy atom. The third-order valence-electron chi connectivity index (χ3n) is 5.49. The Hall–Kier alpha value is -3.74. The molecule has 1 amide bonds. The predicted octanol–water partition coefficient (Wildman–Crippen LogP) is 7.36. The van der Waals surface area contributed by atoms with Crippen LogP contribution >= 0.6 is 23.4 Å². The van der Waals surface area contributed by atoms with E-state index in [2.05, 4.69) is 16.4 Å². The van der Waals surface area contributed by atoms with Gasteiger partial charge in [-0.15, -0.1) is 0 Å². The molecule has 0 aliphatic carbocycles. The Kier molecular flexibility index (Phi) is 7.26. The van der Waals surface area contributed by atoms with Crippen LogP contribution in [-0.2, 0) is 11.4 Å². The lowest BCUT2D eigenvalue weighted by Gasteiger charge is -2.13. The largest absolute Gasteiger partial charge is 0.490 e. The van der Waals surface area contributed by atoms with Gasteiger partial charge in [0.15, 0.2) is 16.7 Å². The Morgan fingerprint density at radius 3 is 2.53 bits per heavy atom. The molecule has 0 aromatic heterocycles. The molecular weight excluding hydrogens is 492 g/mol. The molecule has 4 aromatic rings. The van der Waals surface area contributed by atoms with E-state index in [9.17, 15) is 4.79 Å². The number of aliphatic imine (C=N–C) groups is 1. The summed E-state index contributed by atoms with van der Waals surface area (Å²) in [5, 5.41) is 6.34. The van der Waals surface area contributed by atoms with Gasteiger partial charge in [0.1, 0.15) is 6.61 Å². The van der Waals surface area contributed by atoms with Crippen LogP contribution in [0.25, 0.3) is 16.8 Å². The molecule has 36 heavy (non-hydrogen) atoms. The molecule has 0 radical (unpaired) electrons. The van der Waals surface area contributed by atoms with Crippen molar-refractivity contribution in [2.24, 2.45) is 4.99 Å². The second kappa shape index (κ2) is 10.9. The van der Waals surface area contributed by atoms with E-state index >= 15 is 0 Å². The number of thioether (sulfide) groups is 1. The number of fused-ring (bicyclic) bond motifs is 1. The van der Waals surface area contributed by atoms with Crippen molar-refractivity contribution in [1.29, 1.82) is 0 Å². The Balaban J connectivity index is 1.32. The van der Waals surface area contributed by atoms with Crippen LogP contribution in [-0.4, -0.2) is 17.7 Å². The number of hydrogen-bond donors (Lipinski definition) is 1.